The second-order valence-corrected chi connectivity index (χ2v) is 5.30. The summed E-state index contributed by atoms with van der Waals surface area (Å²) >= 11 is 0. The fourth-order valence-corrected chi connectivity index (χ4v) is 2.08. The molecule has 0 nitrogen and oxygen atoms in total. The summed E-state index contributed by atoms with van der Waals surface area (Å²) in [4.78, 5) is 0. The number of allylic oxidation sites excluding steroid dienone is 8. The van der Waals surface area contributed by atoms with E-state index in [1.807, 2.05) is 39.0 Å². The van der Waals surface area contributed by atoms with Crippen LogP contribution in [0.15, 0.2) is 47.1 Å². The second kappa shape index (κ2) is 8.08. The Morgan fingerprint density at radius 1 is 1.42 bits per heavy atom. The van der Waals surface area contributed by atoms with Crippen LogP contribution in [0, 0.1) is 5.92 Å². The van der Waals surface area contributed by atoms with Crippen molar-refractivity contribution in [2.45, 2.75) is 52.9 Å². The van der Waals surface area contributed by atoms with E-state index in [1.54, 1.807) is 6.08 Å². The molecule has 0 heterocycles. The largest absolute Gasteiger partial charge is 0.212 e. The van der Waals surface area contributed by atoms with Gasteiger partial charge in [0.2, 0.25) is 0 Å². The standard InChI is InChI=1S/C17H24F2/c1-4-13(2)11-16(18)8-6-5-7-15-10-9-14(3)12-17(15)19/h4,9-11,14H,5-8,12H2,1-3H3/b13-4-,16-11+/t14-/m1/s1. The predicted octanol–water partition coefficient (Wildman–Crippen LogP) is 6.19. The Morgan fingerprint density at radius 3 is 2.79 bits per heavy atom. The summed E-state index contributed by atoms with van der Waals surface area (Å²) in [6.07, 6.45) is 10.7. The summed E-state index contributed by atoms with van der Waals surface area (Å²) in [5.74, 6) is 0.224. The Labute approximate surface area is 115 Å². The minimum absolute atomic E-state index is 0.00998. The molecule has 0 fully saturated rings. The summed E-state index contributed by atoms with van der Waals surface area (Å²) in [5.41, 5.74) is 1.74. The van der Waals surface area contributed by atoms with Crippen LogP contribution in [0.2, 0.25) is 0 Å². The van der Waals surface area contributed by atoms with E-state index in [9.17, 15) is 8.78 Å². The average molecular weight is 266 g/mol. The normalized spacial score (nSPS) is 21.2. The van der Waals surface area contributed by atoms with Crippen molar-refractivity contribution in [1.29, 1.82) is 0 Å². The number of hydrogen-bond donors (Lipinski definition) is 0. The molecule has 0 saturated heterocycles. The lowest BCUT2D eigenvalue weighted by Crippen LogP contribution is -1.99. The van der Waals surface area contributed by atoms with Crippen LogP contribution in [-0.2, 0) is 0 Å². The first-order valence-electron chi connectivity index (χ1n) is 7.07. The Bertz CT molecular complexity index is 411. The van der Waals surface area contributed by atoms with Gasteiger partial charge in [0.15, 0.2) is 0 Å². The SMILES string of the molecule is C/C=C(C)\C=C(\F)CCCCC1=C(F)C[C@H](C)C=C1. The second-order valence-electron chi connectivity index (χ2n) is 5.30. The molecule has 1 aliphatic carbocycles. The van der Waals surface area contributed by atoms with Gasteiger partial charge in [-0.15, -0.1) is 0 Å². The maximum Gasteiger partial charge on any atom is 0.104 e. The first-order chi connectivity index (χ1) is 9.02. The fourth-order valence-electron chi connectivity index (χ4n) is 2.08. The van der Waals surface area contributed by atoms with Crippen molar-refractivity contribution in [3.8, 4) is 0 Å². The number of halogens is 2. The maximum absolute atomic E-state index is 13.6. The molecule has 0 N–H and O–H groups in total. The minimum Gasteiger partial charge on any atom is -0.212 e. The van der Waals surface area contributed by atoms with Crippen molar-refractivity contribution in [3.63, 3.8) is 0 Å². The van der Waals surface area contributed by atoms with E-state index in [-0.39, 0.29) is 11.7 Å². The highest BCUT2D eigenvalue weighted by molar-refractivity contribution is 5.27. The topological polar surface area (TPSA) is 0 Å². The van der Waals surface area contributed by atoms with Gasteiger partial charge in [0.1, 0.15) is 11.7 Å². The first-order valence-corrected chi connectivity index (χ1v) is 7.07. The molecule has 0 unspecified atom stereocenters. The summed E-state index contributed by atoms with van der Waals surface area (Å²) in [7, 11) is 0. The van der Waals surface area contributed by atoms with Gasteiger partial charge >= 0.3 is 0 Å². The van der Waals surface area contributed by atoms with Crippen molar-refractivity contribution in [1.82, 2.24) is 0 Å². The Morgan fingerprint density at radius 2 is 2.16 bits per heavy atom. The van der Waals surface area contributed by atoms with Crippen molar-refractivity contribution < 1.29 is 8.78 Å². The highest BCUT2D eigenvalue weighted by atomic mass is 19.1. The van der Waals surface area contributed by atoms with Crippen LogP contribution in [0.1, 0.15) is 52.9 Å². The highest BCUT2D eigenvalue weighted by Gasteiger charge is 2.12. The third kappa shape index (κ3) is 6.00. The van der Waals surface area contributed by atoms with Gasteiger partial charge in [-0.05, 0) is 57.1 Å². The molecule has 0 aromatic rings. The Balaban J connectivity index is 2.30. The van der Waals surface area contributed by atoms with Gasteiger partial charge in [-0.2, -0.15) is 0 Å². The van der Waals surface area contributed by atoms with Crippen LogP contribution < -0.4 is 0 Å². The fraction of sp³-hybridized carbons (Fsp3) is 0.529. The monoisotopic (exact) mass is 266 g/mol. The number of hydrogen-bond acceptors (Lipinski definition) is 0. The molecule has 0 aromatic carbocycles. The van der Waals surface area contributed by atoms with Crippen LogP contribution in [-0.4, -0.2) is 0 Å². The van der Waals surface area contributed by atoms with Crippen molar-refractivity contribution in [2.75, 3.05) is 0 Å². The number of unbranched alkanes of at least 4 members (excludes halogenated alkanes) is 1. The molecule has 2 heteroatoms. The predicted molar refractivity (Wildman–Crippen MR) is 78.1 cm³/mol. The van der Waals surface area contributed by atoms with Gasteiger partial charge in [-0.25, -0.2) is 8.78 Å². The third-order valence-electron chi connectivity index (χ3n) is 3.43. The van der Waals surface area contributed by atoms with Gasteiger partial charge in [-0.1, -0.05) is 30.7 Å². The van der Waals surface area contributed by atoms with E-state index in [1.165, 1.54) is 0 Å². The van der Waals surface area contributed by atoms with E-state index in [2.05, 4.69) is 0 Å². The molecule has 1 atom stereocenters. The van der Waals surface area contributed by atoms with E-state index in [4.69, 9.17) is 0 Å². The van der Waals surface area contributed by atoms with Gasteiger partial charge in [-0.3, -0.25) is 0 Å². The van der Waals surface area contributed by atoms with Gasteiger partial charge in [0.25, 0.3) is 0 Å². The van der Waals surface area contributed by atoms with Crippen LogP contribution in [0.3, 0.4) is 0 Å². The average Bonchev–Trinajstić information content (AvgIpc) is 2.36. The molecule has 0 aromatic heterocycles. The summed E-state index contributed by atoms with van der Waals surface area (Å²) in [6, 6.07) is 0. The molecule has 106 valence electrons. The summed E-state index contributed by atoms with van der Waals surface area (Å²) in [5, 5.41) is 0. The molecule has 19 heavy (non-hydrogen) atoms. The quantitative estimate of drug-likeness (QED) is 0.397. The smallest absolute Gasteiger partial charge is 0.104 e. The lowest BCUT2D eigenvalue weighted by atomic mass is 9.94. The summed E-state index contributed by atoms with van der Waals surface area (Å²) < 4.78 is 27.1. The molecule has 1 aliphatic rings. The van der Waals surface area contributed by atoms with E-state index < -0.39 is 0 Å². The van der Waals surface area contributed by atoms with Crippen LogP contribution in [0.5, 0.6) is 0 Å². The maximum atomic E-state index is 13.6. The van der Waals surface area contributed by atoms with Gasteiger partial charge < -0.3 is 0 Å². The Kier molecular flexibility index (Phi) is 6.75. The molecule has 0 spiro atoms. The van der Waals surface area contributed by atoms with E-state index in [0.29, 0.717) is 25.2 Å². The minimum atomic E-state index is -0.0853. The molecule has 0 radical (unpaired) electrons. The molecule has 1 rings (SSSR count). The summed E-state index contributed by atoms with van der Waals surface area (Å²) in [6.45, 7) is 5.79. The van der Waals surface area contributed by atoms with E-state index >= 15 is 0 Å². The zero-order valence-electron chi connectivity index (χ0n) is 12.2. The molecule has 0 bridgehead atoms. The van der Waals surface area contributed by atoms with Crippen LogP contribution in [0.4, 0.5) is 8.78 Å². The zero-order valence-corrected chi connectivity index (χ0v) is 12.2. The van der Waals surface area contributed by atoms with E-state index in [0.717, 1.165) is 24.0 Å². The van der Waals surface area contributed by atoms with Crippen LogP contribution in [0.25, 0.3) is 0 Å². The van der Waals surface area contributed by atoms with Gasteiger partial charge in [0.05, 0.1) is 0 Å². The molecule has 0 aliphatic heterocycles. The Hall–Kier alpha value is -1.18. The molecule has 0 saturated carbocycles. The molecular weight excluding hydrogens is 242 g/mol. The lowest BCUT2D eigenvalue weighted by Gasteiger charge is -2.14. The third-order valence-corrected chi connectivity index (χ3v) is 3.43. The molecule has 0 amide bonds. The first kappa shape index (κ1) is 15.9. The highest BCUT2D eigenvalue weighted by Crippen LogP contribution is 2.27. The molecular formula is C17H24F2. The van der Waals surface area contributed by atoms with Crippen LogP contribution >= 0.6 is 0 Å². The van der Waals surface area contributed by atoms with Crippen molar-refractivity contribution in [3.05, 3.63) is 47.1 Å². The van der Waals surface area contributed by atoms with Crippen molar-refractivity contribution >= 4 is 0 Å². The number of rotatable bonds is 6. The lowest BCUT2D eigenvalue weighted by molar-refractivity contribution is 0.515. The zero-order chi connectivity index (χ0) is 14.3. The van der Waals surface area contributed by atoms with Crippen molar-refractivity contribution in [2.24, 2.45) is 5.92 Å². The van der Waals surface area contributed by atoms with Gasteiger partial charge in [0, 0.05) is 6.42 Å².